The zero-order valence-corrected chi connectivity index (χ0v) is 11.7. The second kappa shape index (κ2) is 5.01. The van der Waals surface area contributed by atoms with Crippen molar-refractivity contribution in [3.63, 3.8) is 0 Å². The Morgan fingerprint density at radius 2 is 2.00 bits per heavy atom. The molecule has 0 aromatic heterocycles. The fourth-order valence-electron chi connectivity index (χ4n) is 1.26. The van der Waals surface area contributed by atoms with Crippen LogP contribution in [0.2, 0.25) is 0 Å². The summed E-state index contributed by atoms with van der Waals surface area (Å²) in [5, 5.41) is -0.891. The van der Waals surface area contributed by atoms with Gasteiger partial charge in [0.15, 0.2) is 0 Å². The molecule has 0 saturated carbocycles. The van der Waals surface area contributed by atoms with Crippen molar-refractivity contribution < 1.29 is 8.42 Å². The number of anilines is 1. The van der Waals surface area contributed by atoms with E-state index in [1.807, 2.05) is 19.9 Å². The number of nitrogens with two attached hydrogens (primary N) is 1. The third-order valence-corrected chi connectivity index (χ3v) is 4.91. The van der Waals surface area contributed by atoms with Gasteiger partial charge in [-0.3, -0.25) is 4.72 Å². The average Bonchev–Trinajstić information content (AvgIpc) is 2.23. The van der Waals surface area contributed by atoms with E-state index in [0.717, 1.165) is 11.1 Å². The highest BCUT2D eigenvalue weighted by Crippen LogP contribution is 2.20. The molecule has 3 N–H and O–H groups in total. The summed E-state index contributed by atoms with van der Waals surface area (Å²) in [5.74, 6) is 0. The number of hydrogen-bond acceptors (Lipinski definition) is 3. The summed E-state index contributed by atoms with van der Waals surface area (Å²) in [4.78, 5) is -0.0391. The van der Waals surface area contributed by atoms with Crippen molar-refractivity contribution in [2.75, 3.05) is 4.72 Å². The summed E-state index contributed by atoms with van der Waals surface area (Å²) in [6, 6.07) is 5.43. The minimum atomic E-state index is -3.57. The first-order valence-electron chi connectivity index (χ1n) is 5.13. The molecule has 0 spiro atoms. The van der Waals surface area contributed by atoms with E-state index in [1.54, 1.807) is 12.1 Å². The van der Waals surface area contributed by atoms with Crippen molar-refractivity contribution >= 4 is 32.9 Å². The third kappa shape index (κ3) is 3.17. The van der Waals surface area contributed by atoms with Gasteiger partial charge in [0.1, 0.15) is 5.25 Å². The van der Waals surface area contributed by atoms with E-state index in [4.69, 9.17) is 18.0 Å². The molecule has 0 heterocycles. The maximum atomic E-state index is 11.9. The molecule has 0 bridgehead atoms. The topological polar surface area (TPSA) is 72.2 Å². The zero-order chi connectivity index (χ0) is 13.2. The fourth-order valence-corrected chi connectivity index (χ4v) is 2.65. The normalized spacial score (nSPS) is 13.1. The van der Waals surface area contributed by atoms with Gasteiger partial charge in [0, 0.05) is 0 Å². The standard InChI is InChI=1S/C11H16N2O2S2/c1-7-5-4-6-10(8(7)2)13-17(14,15)9(3)11(12)16/h4-6,9,13H,1-3H3,(H2,12,16). The average molecular weight is 272 g/mol. The molecule has 1 rings (SSSR count). The monoisotopic (exact) mass is 272 g/mol. The first-order valence-corrected chi connectivity index (χ1v) is 7.08. The van der Waals surface area contributed by atoms with Gasteiger partial charge in [-0.2, -0.15) is 0 Å². The van der Waals surface area contributed by atoms with Crippen molar-refractivity contribution in [3.8, 4) is 0 Å². The molecule has 0 saturated heterocycles. The number of benzene rings is 1. The largest absolute Gasteiger partial charge is 0.392 e. The van der Waals surface area contributed by atoms with E-state index in [0.29, 0.717) is 5.69 Å². The molecule has 4 nitrogen and oxygen atoms in total. The lowest BCUT2D eigenvalue weighted by Gasteiger charge is -2.15. The summed E-state index contributed by atoms with van der Waals surface area (Å²) in [6.07, 6.45) is 0. The van der Waals surface area contributed by atoms with Crippen molar-refractivity contribution in [1.29, 1.82) is 0 Å². The maximum absolute atomic E-state index is 11.9. The molecule has 1 aromatic carbocycles. The Labute approximate surface area is 107 Å². The zero-order valence-electron chi connectivity index (χ0n) is 10.0. The van der Waals surface area contributed by atoms with Crippen LogP contribution in [-0.4, -0.2) is 18.7 Å². The Morgan fingerprint density at radius 1 is 1.41 bits per heavy atom. The van der Waals surface area contributed by atoms with E-state index in [2.05, 4.69) is 4.72 Å². The molecule has 0 amide bonds. The molecule has 1 aromatic rings. The summed E-state index contributed by atoms with van der Waals surface area (Å²) in [6.45, 7) is 5.25. The van der Waals surface area contributed by atoms with Crippen LogP contribution < -0.4 is 10.5 Å². The molecule has 0 aliphatic carbocycles. The first-order chi connectivity index (χ1) is 7.75. The Bertz CT molecular complexity index is 538. The van der Waals surface area contributed by atoms with Crippen molar-refractivity contribution in [1.82, 2.24) is 0 Å². The van der Waals surface area contributed by atoms with E-state index >= 15 is 0 Å². The second-order valence-corrected chi connectivity index (χ2v) is 6.41. The number of aryl methyl sites for hydroxylation is 1. The van der Waals surface area contributed by atoms with Gasteiger partial charge >= 0.3 is 0 Å². The fraction of sp³-hybridized carbons (Fsp3) is 0.364. The summed E-state index contributed by atoms with van der Waals surface area (Å²) >= 11 is 4.70. The van der Waals surface area contributed by atoms with Crippen LogP contribution in [0, 0.1) is 13.8 Å². The summed E-state index contributed by atoms with van der Waals surface area (Å²) in [5.41, 5.74) is 7.84. The van der Waals surface area contributed by atoms with Crippen LogP contribution in [0.5, 0.6) is 0 Å². The highest BCUT2D eigenvalue weighted by molar-refractivity contribution is 7.95. The highest BCUT2D eigenvalue weighted by atomic mass is 32.2. The van der Waals surface area contributed by atoms with Crippen LogP contribution in [0.4, 0.5) is 5.69 Å². The minimum Gasteiger partial charge on any atom is -0.392 e. The van der Waals surface area contributed by atoms with Gasteiger partial charge in [0.05, 0.1) is 10.7 Å². The van der Waals surface area contributed by atoms with Crippen molar-refractivity contribution in [3.05, 3.63) is 29.3 Å². The molecule has 1 unspecified atom stereocenters. The lowest BCUT2D eigenvalue weighted by molar-refractivity contribution is 0.598. The summed E-state index contributed by atoms with van der Waals surface area (Å²) < 4.78 is 26.4. The van der Waals surface area contributed by atoms with Gasteiger partial charge in [0.25, 0.3) is 0 Å². The number of hydrogen-bond donors (Lipinski definition) is 2. The first kappa shape index (κ1) is 13.9. The van der Waals surface area contributed by atoms with E-state index in [1.165, 1.54) is 6.92 Å². The van der Waals surface area contributed by atoms with Crippen LogP contribution in [-0.2, 0) is 10.0 Å². The molecule has 17 heavy (non-hydrogen) atoms. The highest BCUT2D eigenvalue weighted by Gasteiger charge is 2.23. The van der Waals surface area contributed by atoms with Gasteiger partial charge < -0.3 is 5.73 Å². The molecule has 0 aliphatic heterocycles. The van der Waals surface area contributed by atoms with Crippen LogP contribution in [0.1, 0.15) is 18.1 Å². The molecular formula is C11H16N2O2S2. The van der Waals surface area contributed by atoms with Crippen molar-refractivity contribution in [2.24, 2.45) is 5.73 Å². The molecule has 6 heteroatoms. The lowest BCUT2D eigenvalue weighted by atomic mass is 10.1. The van der Waals surface area contributed by atoms with E-state index in [-0.39, 0.29) is 4.99 Å². The van der Waals surface area contributed by atoms with Crippen LogP contribution in [0.3, 0.4) is 0 Å². The van der Waals surface area contributed by atoms with Crippen molar-refractivity contribution in [2.45, 2.75) is 26.0 Å². The maximum Gasteiger partial charge on any atom is 0.241 e. The van der Waals surface area contributed by atoms with E-state index in [9.17, 15) is 8.42 Å². The summed E-state index contributed by atoms with van der Waals surface area (Å²) in [7, 11) is -3.57. The molecule has 94 valence electrons. The lowest BCUT2D eigenvalue weighted by Crippen LogP contribution is -2.35. The Hall–Kier alpha value is -1.14. The van der Waals surface area contributed by atoms with Gasteiger partial charge in [-0.05, 0) is 38.0 Å². The van der Waals surface area contributed by atoms with Gasteiger partial charge in [-0.25, -0.2) is 8.42 Å². The number of thiocarbonyl (C=S) groups is 1. The molecule has 0 radical (unpaired) electrons. The third-order valence-electron chi connectivity index (χ3n) is 2.72. The van der Waals surface area contributed by atoms with Gasteiger partial charge in [0.2, 0.25) is 10.0 Å². The predicted molar refractivity (Wildman–Crippen MR) is 74.7 cm³/mol. The Morgan fingerprint density at radius 3 is 2.53 bits per heavy atom. The minimum absolute atomic E-state index is 0.0391. The second-order valence-electron chi connectivity index (χ2n) is 3.94. The molecule has 1 atom stereocenters. The smallest absolute Gasteiger partial charge is 0.241 e. The van der Waals surface area contributed by atoms with Crippen LogP contribution in [0.15, 0.2) is 18.2 Å². The molecule has 0 aliphatic rings. The SMILES string of the molecule is Cc1cccc(NS(=O)(=O)C(C)C(N)=S)c1C. The number of nitrogens with one attached hydrogen (secondary N) is 1. The number of sulfonamides is 1. The van der Waals surface area contributed by atoms with Gasteiger partial charge in [-0.1, -0.05) is 24.4 Å². The van der Waals surface area contributed by atoms with Gasteiger partial charge in [-0.15, -0.1) is 0 Å². The Kier molecular flexibility index (Phi) is 4.11. The quantitative estimate of drug-likeness (QED) is 0.819. The van der Waals surface area contributed by atoms with Crippen LogP contribution >= 0.6 is 12.2 Å². The molecule has 0 fully saturated rings. The van der Waals surface area contributed by atoms with Crippen LogP contribution in [0.25, 0.3) is 0 Å². The molecular weight excluding hydrogens is 256 g/mol. The van der Waals surface area contributed by atoms with E-state index < -0.39 is 15.3 Å². The Balaban J connectivity index is 3.07. The number of rotatable bonds is 4. The predicted octanol–water partition coefficient (Wildman–Crippen LogP) is 1.72.